The molecule has 6 nitrogen and oxygen atoms in total. The molecule has 1 aromatic carbocycles. The van der Waals surface area contributed by atoms with Crippen LogP contribution in [0.5, 0.6) is 0 Å². The minimum absolute atomic E-state index is 0.0122. The van der Waals surface area contributed by atoms with Crippen molar-refractivity contribution in [1.82, 2.24) is 9.29 Å². The van der Waals surface area contributed by atoms with Crippen molar-refractivity contribution in [3.63, 3.8) is 0 Å². The first-order valence-corrected chi connectivity index (χ1v) is 9.06. The summed E-state index contributed by atoms with van der Waals surface area (Å²) in [4.78, 5) is 4.15. The molecule has 0 aliphatic heterocycles. The summed E-state index contributed by atoms with van der Waals surface area (Å²) in [6, 6.07) is 11.5. The summed E-state index contributed by atoms with van der Waals surface area (Å²) in [5.41, 5.74) is 3.01. The third-order valence-corrected chi connectivity index (χ3v) is 4.92. The fourth-order valence-corrected chi connectivity index (χ4v) is 2.72. The van der Waals surface area contributed by atoms with Gasteiger partial charge in [0.2, 0.25) is 0 Å². The van der Waals surface area contributed by atoms with Crippen molar-refractivity contribution in [3.8, 4) is 0 Å². The van der Waals surface area contributed by atoms with Gasteiger partial charge in [-0.3, -0.25) is 4.72 Å². The lowest BCUT2D eigenvalue weighted by Gasteiger charge is -2.23. The Morgan fingerprint density at radius 1 is 1.04 bits per heavy atom. The minimum atomic E-state index is -3.55. The maximum atomic E-state index is 11.8. The van der Waals surface area contributed by atoms with Gasteiger partial charge in [0, 0.05) is 19.8 Å². The number of rotatable bonds is 5. The standard InChI is InChI=1S/C17H24N4O2S/c1-17(2,3)14-8-6-7-9-15(14)19-13-10-11-16(18-12-13)20-24(22,23)21(4)5/h6-12,19H,1-5H3,(H,18,20). The van der Waals surface area contributed by atoms with Crippen LogP contribution in [0.2, 0.25) is 0 Å². The molecule has 1 aromatic heterocycles. The Hall–Kier alpha value is -2.12. The Labute approximate surface area is 144 Å². The van der Waals surface area contributed by atoms with E-state index in [2.05, 4.69) is 41.9 Å². The van der Waals surface area contributed by atoms with Crippen LogP contribution in [-0.4, -0.2) is 31.8 Å². The molecule has 0 saturated heterocycles. The molecule has 7 heteroatoms. The van der Waals surface area contributed by atoms with E-state index in [0.717, 1.165) is 15.7 Å². The fourth-order valence-electron chi connectivity index (χ4n) is 2.15. The fraction of sp³-hybridized carbons (Fsp3) is 0.353. The second-order valence-electron chi connectivity index (χ2n) is 6.74. The van der Waals surface area contributed by atoms with Crippen LogP contribution in [-0.2, 0) is 15.6 Å². The molecule has 0 aliphatic rings. The van der Waals surface area contributed by atoms with Crippen molar-refractivity contribution < 1.29 is 8.42 Å². The zero-order chi connectivity index (χ0) is 18.0. The Bertz CT molecular complexity index is 794. The van der Waals surface area contributed by atoms with Crippen LogP contribution in [0.1, 0.15) is 26.3 Å². The Morgan fingerprint density at radius 2 is 1.71 bits per heavy atom. The van der Waals surface area contributed by atoms with Gasteiger partial charge in [0.15, 0.2) is 0 Å². The molecule has 0 amide bonds. The average Bonchev–Trinajstić information content (AvgIpc) is 2.48. The molecular formula is C17H24N4O2S. The van der Waals surface area contributed by atoms with E-state index in [1.54, 1.807) is 18.3 Å². The van der Waals surface area contributed by atoms with Gasteiger partial charge in [-0.05, 0) is 29.2 Å². The first kappa shape index (κ1) is 18.2. The summed E-state index contributed by atoms with van der Waals surface area (Å²) < 4.78 is 27.1. The predicted octanol–water partition coefficient (Wildman–Crippen LogP) is 3.34. The summed E-state index contributed by atoms with van der Waals surface area (Å²) in [5, 5.41) is 3.34. The number of benzene rings is 1. The molecule has 0 fully saturated rings. The summed E-state index contributed by atoms with van der Waals surface area (Å²) >= 11 is 0. The van der Waals surface area contributed by atoms with E-state index in [-0.39, 0.29) is 11.2 Å². The lowest BCUT2D eigenvalue weighted by molar-refractivity contribution is 0.526. The van der Waals surface area contributed by atoms with E-state index in [1.165, 1.54) is 19.7 Å². The largest absolute Gasteiger partial charge is 0.354 e. The van der Waals surface area contributed by atoms with Crippen LogP contribution in [0, 0.1) is 0 Å². The van der Waals surface area contributed by atoms with E-state index in [9.17, 15) is 8.42 Å². The smallest absolute Gasteiger partial charge is 0.302 e. The summed E-state index contributed by atoms with van der Waals surface area (Å²) in [6.45, 7) is 6.47. The predicted molar refractivity (Wildman–Crippen MR) is 98.9 cm³/mol. The first-order valence-electron chi connectivity index (χ1n) is 7.62. The highest BCUT2D eigenvalue weighted by atomic mass is 32.2. The van der Waals surface area contributed by atoms with Crippen molar-refractivity contribution in [2.45, 2.75) is 26.2 Å². The van der Waals surface area contributed by atoms with E-state index >= 15 is 0 Å². The average molecular weight is 348 g/mol. The molecule has 130 valence electrons. The lowest BCUT2D eigenvalue weighted by Crippen LogP contribution is -2.29. The van der Waals surface area contributed by atoms with E-state index in [1.807, 2.05) is 18.2 Å². The molecule has 0 bridgehead atoms. The monoisotopic (exact) mass is 348 g/mol. The van der Waals surface area contributed by atoms with Gasteiger partial charge < -0.3 is 5.32 Å². The number of aromatic nitrogens is 1. The molecule has 2 rings (SSSR count). The van der Waals surface area contributed by atoms with Crippen LogP contribution in [0.4, 0.5) is 17.2 Å². The highest BCUT2D eigenvalue weighted by molar-refractivity contribution is 7.90. The SMILES string of the molecule is CN(C)S(=O)(=O)Nc1ccc(Nc2ccccc2C(C)(C)C)cn1. The van der Waals surface area contributed by atoms with Gasteiger partial charge in [-0.15, -0.1) is 0 Å². The van der Waals surface area contributed by atoms with E-state index in [4.69, 9.17) is 0 Å². The maximum Gasteiger partial charge on any atom is 0.302 e. The van der Waals surface area contributed by atoms with Crippen LogP contribution < -0.4 is 10.0 Å². The Kier molecular flexibility index (Phi) is 5.15. The Morgan fingerprint density at radius 3 is 2.25 bits per heavy atom. The van der Waals surface area contributed by atoms with Gasteiger partial charge in [0.05, 0.1) is 11.9 Å². The molecule has 0 spiro atoms. The van der Waals surface area contributed by atoms with Gasteiger partial charge in [0.1, 0.15) is 5.82 Å². The van der Waals surface area contributed by atoms with Gasteiger partial charge in [-0.25, -0.2) is 4.98 Å². The molecule has 0 radical (unpaired) electrons. The highest BCUT2D eigenvalue weighted by Crippen LogP contribution is 2.31. The number of hydrogen-bond acceptors (Lipinski definition) is 4. The van der Waals surface area contributed by atoms with Crippen molar-refractivity contribution in [2.75, 3.05) is 24.1 Å². The van der Waals surface area contributed by atoms with Crippen LogP contribution in [0.25, 0.3) is 0 Å². The number of hydrogen-bond donors (Lipinski definition) is 2. The quantitative estimate of drug-likeness (QED) is 0.869. The molecule has 0 saturated carbocycles. The van der Waals surface area contributed by atoms with Crippen molar-refractivity contribution >= 4 is 27.4 Å². The third kappa shape index (κ3) is 4.46. The molecule has 0 atom stereocenters. The second kappa shape index (κ2) is 6.78. The molecule has 24 heavy (non-hydrogen) atoms. The molecule has 2 aromatic rings. The number of nitrogens with one attached hydrogen (secondary N) is 2. The minimum Gasteiger partial charge on any atom is -0.354 e. The van der Waals surface area contributed by atoms with Gasteiger partial charge >= 0.3 is 10.2 Å². The van der Waals surface area contributed by atoms with E-state index in [0.29, 0.717) is 0 Å². The molecular weight excluding hydrogens is 324 g/mol. The third-order valence-electron chi connectivity index (χ3n) is 3.49. The number of anilines is 3. The molecule has 1 heterocycles. The van der Waals surface area contributed by atoms with Crippen LogP contribution in [0.3, 0.4) is 0 Å². The zero-order valence-electron chi connectivity index (χ0n) is 14.7. The molecule has 0 unspecified atom stereocenters. The van der Waals surface area contributed by atoms with E-state index < -0.39 is 10.2 Å². The second-order valence-corrected chi connectivity index (χ2v) is 8.63. The molecule has 2 N–H and O–H groups in total. The summed E-state index contributed by atoms with van der Waals surface area (Å²) in [7, 11) is -0.629. The number of pyridine rings is 1. The zero-order valence-corrected chi connectivity index (χ0v) is 15.5. The van der Waals surface area contributed by atoms with Crippen LogP contribution >= 0.6 is 0 Å². The van der Waals surface area contributed by atoms with Crippen LogP contribution in [0.15, 0.2) is 42.6 Å². The topological polar surface area (TPSA) is 74.3 Å². The summed E-state index contributed by atoms with van der Waals surface area (Å²) in [6.07, 6.45) is 1.60. The van der Waals surface area contributed by atoms with Crippen molar-refractivity contribution in [3.05, 3.63) is 48.2 Å². The first-order chi connectivity index (χ1) is 11.1. The molecule has 0 aliphatic carbocycles. The maximum absolute atomic E-state index is 11.8. The number of para-hydroxylation sites is 1. The normalized spacial score (nSPS) is 12.2. The van der Waals surface area contributed by atoms with Crippen molar-refractivity contribution in [2.24, 2.45) is 0 Å². The Balaban J connectivity index is 2.19. The van der Waals surface area contributed by atoms with Gasteiger partial charge in [0.25, 0.3) is 0 Å². The number of nitrogens with zero attached hydrogens (tertiary/aromatic N) is 2. The van der Waals surface area contributed by atoms with Crippen molar-refractivity contribution in [1.29, 1.82) is 0 Å². The van der Waals surface area contributed by atoms with Gasteiger partial charge in [-0.1, -0.05) is 39.0 Å². The highest BCUT2D eigenvalue weighted by Gasteiger charge is 2.17. The van der Waals surface area contributed by atoms with Gasteiger partial charge in [-0.2, -0.15) is 12.7 Å². The lowest BCUT2D eigenvalue weighted by atomic mass is 9.86. The summed E-state index contributed by atoms with van der Waals surface area (Å²) in [5.74, 6) is 0.276.